The molecule has 0 amide bonds. The Bertz CT molecular complexity index is 1120. The van der Waals surface area contributed by atoms with Crippen LogP contribution in [0.3, 0.4) is 0 Å². The summed E-state index contributed by atoms with van der Waals surface area (Å²) >= 11 is 5.90. The van der Waals surface area contributed by atoms with Gasteiger partial charge in [-0.3, -0.25) is 0 Å². The molecule has 0 bridgehead atoms. The molecule has 1 N–H and O–H groups in total. The third-order valence-electron chi connectivity index (χ3n) is 4.74. The zero-order valence-corrected chi connectivity index (χ0v) is 17.4. The van der Waals surface area contributed by atoms with Crippen molar-refractivity contribution in [1.29, 1.82) is 0 Å². The van der Waals surface area contributed by atoms with Crippen LogP contribution >= 0.6 is 11.6 Å². The van der Waals surface area contributed by atoms with Gasteiger partial charge in [0.15, 0.2) is 0 Å². The van der Waals surface area contributed by atoms with E-state index in [9.17, 15) is 5.11 Å². The first-order chi connectivity index (χ1) is 14.6. The molecule has 1 aromatic heterocycles. The van der Waals surface area contributed by atoms with Crippen LogP contribution in [0, 0.1) is 6.92 Å². The summed E-state index contributed by atoms with van der Waals surface area (Å²) in [7, 11) is 0. The molecule has 0 aliphatic carbocycles. The number of ether oxygens (including phenoxy) is 2. The third kappa shape index (κ3) is 4.93. The molecule has 1 heterocycles. The Kier molecular flexibility index (Phi) is 6.21. The fourth-order valence-corrected chi connectivity index (χ4v) is 3.40. The number of benzene rings is 3. The molecule has 154 valence electrons. The van der Waals surface area contributed by atoms with E-state index in [2.05, 4.69) is 0 Å². The molecule has 0 aliphatic heterocycles. The van der Waals surface area contributed by atoms with Crippen molar-refractivity contribution < 1.29 is 14.6 Å². The molecule has 5 nitrogen and oxygen atoms in total. The lowest BCUT2D eigenvalue weighted by Crippen LogP contribution is -2.25. The Hall–Kier alpha value is -3.02. The molecule has 0 aliphatic rings. The molecule has 4 aromatic rings. The quantitative estimate of drug-likeness (QED) is 0.433. The number of para-hydroxylation sites is 2. The number of hydrogen-bond donors (Lipinski definition) is 1. The van der Waals surface area contributed by atoms with Gasteiger partial charge in [-0.25, -0.2) is 4.98 Å². The molecule has 0 radical (unpaired) electrons. The predicted octanol–water partition coefficient (Wildman–Crippen LogP) is 5.02. The zero-order valence-electron chi connectivity index (χ0n) is 16.7. The van der Waals surface area contributed by atoms with Gasteiger partial charge < -0.3 is 19.1 Å². The molecule has 30 heavy (non-hydrogen) atoms. The Balaban J connectivity index is 1.48. The van der Waals surface area contributed by atoms with Crippen molar-refractivity contribution in [2.24, 2.45) is 0 Å². The predicted molar refractivity (Wildman–Crippen MR) is 118 cm³/mol. The normalized spacial score (nSPS) is 12.1. The van der Waals surface area contributed by atoms with E-state index in [0.717, 1.165) is 28.2 Å². The monoisotopic (exact) mass is 422 g/mol. The number of halogens is 1. The van der Waals surface area contributed by atoms with Crippen LogP contribution in [-0.2, 0) is 13.2 Å². The molecule has 0 spiro atoms. The van der Waals surface area contributed by atoms with E-state index in [1.807, 2.05) is 60.0 Å². The van der Waals surface area contributed by atoms with Crippen LogP contribution in [0.5, 0.6) is 11.5 Å². The smallest absolute Gasteiger partial charge is 0.148 e. The molecule has 1 atom stereocenters. The van der Waals surface area contributed by atoms with Gasteiger partial charge in [0.2, 0.25) is 0 Å². The van der Waals surface area contributed by atoms with Gasteiger partial charge in [0, 0.05) is 5.02 Å². The number of rotatable bonds is 8. The summed E-state index contributed by atoms with van der Waals surface area (Å²) in [5.41, 5.74) is 2.95. The van der Waals surface area contributed by atoms with E-state index >= 15 is 0 Å². The van der Waals surface area contributed by atoms with Crippen molar-refractivity contribution in [1.82, 2.24) is 9.55 Å². The van der Waals surface area contributed by atoms with E-state index in [4.69, 9.17) is 26.1 Å². The van der Waals surface area contributed by atoms with Crippen molar-refractivity contribution in [2.45, 2.75) is 26.2 Å². The average Bonchev–Trinajstić information content (AvgIpc) is 3.09. The van der Waals surface area contributed by atoms with Crippen molar-refractivity contribution in [3.8, 4) is 11.5 Å². The molecule has 4 rings (SSSR count). The highest BCUT2D eigenvalue weighted by molar-refractivity contribution is 6.30. The summed E-state index contributed by atoms with van der Waals surface area (Å²) in [6, 6.07) is 22.8. The maximum absolute atomic E-state index is 10.6. The fourth-order valence-electron chi connectivity index (χ4n) is 3.28. The standard InChI is InChI=1S/C24H23ClN2O3/c1-17-5-4-6-21(13-17)30-16-24-26-22-7-2-3-8-23(22)27(24)14-19(28)15-29-20-11-9-18(25)10-12-20/h2-13,19,28H,14-16H2,1H3. The summed E-state index contributed by atoms with van der Waals surface area (Å²) in [5.74, 6) is 2.21. The first-order valence-corrected chi connectivity index (χ1v) is 10.2. The minimum atomic E-state index is -0.712. The van der Waals surface area contributed by atoms with E-state index in [0.29, 0.717) is 23.9 Å². The second kappa shape index (κ2) is 9.20. The molecular formula is C24H23ClN2O3. The SMILES string of the molecule is Cc1cccc(OCc2nc3ccccc3n2CC(O)COc2ccc(Cl)cc2)c1. The Labute approximate surface area is 180 Å². The molecule has 0 saturated heterocycles. The number of aliphatic hydroxyl groups is 1. The molecular weight excluding hydrogens is 400 g/mol. The van der Waals surface area contributed by atoms with Gasteiger partial charge in [-0.1, -0.05) is 35.9 Å². The lowest BCUT2D eigenvalue weighted by molar-refractivity contribution is 0.0917. The van der Waals surface area contributed by atoms with Crippen molar-refractivity contribution in [3.63, 3.8) is 0 Å². The number of aliphatic hydroxyl groups excluding tert-OH is 1. The Morgan fingerprint density at radius 3 is 2.57 bits per heavy atom. The van der Waals surface area contributed by atoms with Gasteiger partial charge >= 0.3 is 0 Å². The van der Waals surface area contributed by atoms with Gasteiger partial charge in [-0.15, -0.1) is 0 Å². The van der Waals surface area contributed by atoms with Crippen LogP contribution in [0.25, 0.3) is 11.0 Å². The largest absolute Gasteiger partial charge is 0.491 e. The first kappa shape index (κ1) is 20.3. The number of imidazole rings is 1. The van der Waals surface area contributed by atoms with Crippen molar-refractivity contribution in [3.05, 3.63) is 89.2 Å². The van der Waals surface area contributed by atoms with Gasteiger partial charge in [0.1, 0.15) is 36.6 Å². The van der Waals surface area contributed by atoms with E-state index in [1.165, 1.54) is 0 Å². The first-order valence-electron chi connectivity index (χ1n) is 9.78. The summed E-state index contributed by atoms with van der Waals surface area (Å²) in [6.07, 6.45) is -0.712. The Morgan fingerprint density at radius 1 is 0.967 bits per heavy atom. The molecule has 3 aromatic carbocycles. The van der Waals surface area contributed by atoms with Crippen LogP contribution in [0.4, 0.5) is 0 Å². The third-order valence-corrected chi connectivity index (χ3v) is 4.99. The van der Waals surface area contributed by atoms with E-state index < -0.39 is 6.10 Å². The van der Waals surface area contributed by atoms with Gasteiger partial charge in [-0.05, 0) is 61.0 Å². The van der Waals surface area contributed by atoms with Crippen LogP contribution in [-0.4, -0.2) is 27.4 Å². The summed E-state index contributed by atoms with van der Waals surface area (Å²) < 4.78 is 13.6. The summed E-state index contributed by atoms with van der Waals surface area (Å²) in [5, 5.41) is 11.2. The lowest BCUT2D eigenvalue weighted by atomic mass is 10.2. The highest BCUT2D eigenvalue weighted by Crippen LogP contribution is 2.20. The molecule has 0 saturated carbocycles. The molecule has 0 fully saturated rings. The number of nitrogens with zero attached hydrogens (tertiary/aromatic N) is 2. The summed E-state index contributed by atoms with van der Waals surface area (Å²) in [6.45, 7) is 2.84. The number of aromatic nitrogens is 2. The Morgan fingerprint density at radius 2 is 1.77 bits per heavy atom. The maximum Gasteiger partial charge on any atom is 0.148 e. The maximum atomic E-state index is 10.6. The lowest BCUT2D eigenvalue weighted by Gasteiger charge is -2.16. The molecule has 1 unspecified atom stereocenters. The minimum absolute atomic E-state index is 0.159. The fraction of sp³-hybridized carbons (Fsp3) is 0.208. The molecule has 6 heteroatoms. The highest BCUT2D eigenvalue weighted by Gasteiger charge is 2.15. The van der Waals surface area contributed by atoms with Crippen LogP contribution in [0.15, 0.2) is 72.8 Å². The van der Waals surface area contributed by atoms with E-state index in [-0.39, 0.29) is 6.61 Å². The average molecular weight is 423 g/mol. The van der Waals surface area contributed by atoms with Gasteiger partial charge in [0.25, 0.3) is 0 Å². The topological polar surface area (TPSA) is 56.5 Å². The van der Waals surface area contributed by atoms with Gasteiger partial charge in [-0.2, -0.15) is 0 Å². The van der Waals surface area contributed by atoms with Crippen molar-refractivity contribution >= 4 is 22.6 Å². The van der Waals surface area contributed by atoms with Crippen LogP contribution in [0.2, 0.25) is 5.02 Å². The van der Waals surface area contributed by atoms with Crippen LogP contribution < -0.4 is 9.47 Å². The number of fused-ring (bicyclic) bond motifs is 1. The van der Waals surface area contributed by atoms with Crippen molar-refractivity contribution in [2.75, 3.05) is 6.61 Å². The van der Waals surface area contributed by atoms with Crippen LogP contribution in [0.1, 0.15) is 11.4 Å². The number of aryl methyl sites for hydroxylation is 1. The second-order valence-electron chi connectivity index (χ2n) is 7.15. The van der Waals surface area contributed by atoms with Gasteiger partial charge in [0.05, 0.1) is 17.6 Å². The minimum Gasteiger partial charge on any atom is -0.491 e. The summed E-state index contributed by atoms with van der Waals surface area (Å²) in [4.78, 5) is 4.70. The van der Waals surface area contributed by atoms with E-state index in [1.54, 1.807) is 24.3 Å². The number of hydrogen-bond acceptors (Lipinski definition) is 4. The second-order valence-corrected chi connectivity index (χ2v) is 7.59. The zero-order chi connectivity index (χ0) is 20.9. The highest BCUT2D eigenvalue weighted by atomic mass is 35.5.